The largest absolute Gasteiger partial charge is 0.416 e. The van der Waals surface area contributed by atoms with Crippen molar-refractivity contribution in [1.82, 2.24) is 25.1 Å². The zero-order valence-electron chi connectivity index (χ0n) is 16.1. The molecule has 0 aromatic carbocycles. The van der Waals surface area contributed by atoms with Gasteiger partial charge in [0, 0.05) is 31.0 Å². The highest BCUT2D eigenvalue weighted by Gasteiger charge is 2.18. The summed E-state index contributed by atoms with van der Waals surface area (Å²) in [5.74, 6) is 0.219. The molecule has 0 saturated carbocycles. The quantitative estimate of drug-likeness (QED) is 0.439. The summed E-state index contributed by atoms with van der Waals surface area (Å²) in [7, 11) is 0. The van der Waals surface area contributed by atoms with Crippen LogP contribution >= 0.6 is 11.8 Å². The Bertz CT molecular complexity index is 989. The maximum absolute atomic E-state index is 12.5. The lowest BCUT2D eigenvalue weighted by molar-refractivity contribution is -0.119. The Balaban J connectivity index is 1.58. The molecular formula is C18H23N5O5S. The van der Waals surface area contributed by atoms with E-state index in [2.05, 4.69) is 27.1 Å². The number of H-pyrrole nitrogens is 1. The summed E-state index contributed by atoms with van der Waals surface area (Å²) >= 11 is 1.12. The molecule has 1 aliphatic heterocycles. The van der Waals surface area contributed by atoms with Crippen LogP contribution in [0.2, 0.25) is 0 Å². The Morgan fingerprint density at radius 2 is 2.28 bits per heavy atom. The van der Waals surface area contributed by atoms with E-state index in [0.29, 0.717) is 17.8 Å². The van der Waals surface area contributed by atoms with Crippen molar-refractivity contribution in [3.05, 3.63) is 50.6 Å². The number of aromatic nitrogens is 4. The topological polar surface area (TPSA) is 132 Å². The molecule has 0 bridgehead atoms. The fraction of sp³-hybridized carbons (Fsp3) is 0.500. The lowest BCUT2D eigenvalue weighted by atomic mass is 10.1. The first-order valence-corrected chi connectivity index (χ1v) is 10.2. The number of carbonyl (C=O) groups excluding carboxylic acids is 1. The van der Waals surface area contributed by atoms with Crippen LogP contribution in [0.5, 0.6) is 0 Å². The van der Waals surface area contributed by atoms with Crippen molar-refractivity contribution in [2.45, 2.75) is 44.1 Å². The average Bonchev–Trinajstić information content (AvgIpc) is 3.37. The molecular weight excluding hydrogens is 398 g/mol. The molecule has 1 unspecified atom stereocenters. The first-order valence-electron chi connectivity index (χ1n) is 9.25. The Morgan fingerprint density at radius 3 is 3.00 bits per heavy atom. The zero-order chi connectivity index (χ0) is 20.8. The molecule has 29 heavy (non-hydrogen) atoms. The van der Waals surface area contributed by atoms with Crippen molar-refractivity contribution in [3.63, 3.8) is 0 Å². The maximum atomic E-state index is 12.5. The second-order valence-corrected chi connectivity index (χ2v) is 7.53. The van der Waals surface area contributed by atoms with Crippen molar-refractivity contribution < 1.29 is 13.9 Å². The van der Waals surface area contributed by atoms with Gasteiger partial charge in [0.2, 0.25) is 11.8 Å². The number of nitrogens with zero attached hydrogens (tertiary/aromatic N) is 3. The molecule has 2 N–H and O–H groups in total. The minimum absolute atomic E-state index is 0.0807. The molecule has 0 spiro atoms. The maximum Gasteiger partial charge on any atom is 0.328 e. The second-order valence-electron chi connectivity index (χ2n) is 6.60. The highest BCUT2D eigenvalue weighted by molar-refractivity contribution is 7.99. The number of thioether (sulfide) groups is 1. The summed E-state index contributed by atoms with van der Waals surface area (Å²) in [5.41, 5.74) is -0.110. The number of nitrogens with one attached hydrogen (secondary N) is 2. The molecule has 1 amide bonds. The van der Waals surface area contributed by atoms with Gasteiger partial charge in [-0.2, -0.15) is 0 Å². The summed E-state index contributed by atoms with van der Waals surface area (Å²) in [6, 6.07) is 0. The number of ether oxygens (including phenoxy) is 1. The van der Waals surface area contributed by atoms with E-state index in [-0.39, 0.29) is 41.8 Å². The SMILES string of the molecule is C=CCn1c(=O)[nH]c(C)c(Cc2nnc(SCC(=O)NCC3CCCO3)o2)c1=O. The second kappa shape index (κ2) is 9.70. The number of allylic oxidation sites excluding steroid dienone is 1. The minimum atomic E-state index is -0.494. The third kappa shape index (κ3) is 5.45. The van der Waals surface area contributed by atoms with Gasteiger partial charge in [0.25, 0.3) is 10.8 Å². The van der Waals surface area contributed by atoms with E-state index in [0.717, 1.165) is 35.8 Å². The van der Waals surface area contributed by atoms with Crippen molar-refractivity contribution >= 4 is 17.7 Å². The van der Waals surface area contributed by atoms with Gasteiger partial charge in [-0.3, -0.25) is 14.2 Å². The number of amides is 1. The minimum Gasteiger partial charge on any atom is -0.416 e. The van der Waals surface area contributed by atoms with E-state index in [1.54, 1.807) is 6.92 Å². The van der Waals surface area contributed by atoms with Crippen molar-refractivity contribution in [2.24, 2.45) is 0 Å². The van der Waals surface area contributed by atoms with Gasteiger partial charge >= 0.3 is 5.69 Å². The number of hydrogen-bond donors (Lipinski definition) is 2. The molecule has 3 rings (SSSR count). The number of aryl methyl sites for hydroxylation is 1. The van der Waals surface area contributed by atoms with E-state index < -0.39 is 11.2 Å². The molecule has 156 valence electrons. The van der Waals surface area contributed by atoms with Crippen LogP contribution in [0.1, 0.15) is 30.0 Å². The molecule has 2 aromatic rings. The summed E-state index contributed by atoms with van der Waals surface area (Å²) in [4.78, 5) is 39.0. The van der Waals surface area contributed by atoms with E-state index in [4.69, 9.17) is 9.15 Å². The van der Waals surface area contributed by atoms with Crippen LogP contribution in [-0.4, -0.2) is 50.7 Å². The molecule has 3 heterocycles. The van der Waals surface area contributed by atoms with Crippen LogP contribution in [0.4, 0.5) is 0 Å². The lowest BCUT2D eigenvalue weighted by Gasteiger charge is -2.09. The molecule has 1 fully saturated rings. The molecule has 11 heteroatoms. The summed E-state index contributed by atoms with van der Waals surface area (Å²) < 4.78 is 12.0. The summed E-state index contributed by atoms with van der Waals surface area (Å²) in [6.07, 6.45) is 3.62. The lowest BCUT2D eigenvalue weighted by Crippen LogP contribution is -2.37. The summed E-state index contributed by atoms with van der Waals surface area (Å²) in [5, 5.41) is 10.9. The highest BCUT2D eigenvalue weighted by atomic mass is 32.2. The molecule has 0 aliphatic carbocycles. The number of rotatable bonds is 9. The number of carbonyl (C=O) groups is 1. The number of aromatic amines is 1. The van der Waals surface area contributed by atoms with Crippen molar-refractivity contribution in [2.75, 3.05) is 18.9 Å². The average molecular weight is 421 g/mol. The Morgan fingerprint density at radius 1 is 1.45 bits per heavy atom. The van der Waals surface area contributed by atoms with Crippen LogP contribution in [0.15, 0.2) is 31.9 Å². The van der Waals surface area contributed by atoms with Gasteiger partial charge in [-0.05, 0) is 19.8 Å². The van der Waals surface area contributed by atoms with Gasteiger partial charge in [0.1, 0.15) is 0 Å². The first-order chi connectivity index (χ1) is 14.0. The van der Waals surface area contributed by atoms with Gasteiger partial charge in [0.05, 0.1) is 18.3 Å². The van der Waals surface area contributed by atoms with Crippen LogP contribution < -0.4 is 16.6 Å². The van der Waals surface area contributed by atoms with Gasteiger partial charge < -0.3 is 19.5 Å². The summed E-state index contributed by atoms with van der Waals surface area (Å²) in [6.45, 7) is 6.54. The van der Waals surface area contributed by atoms with Crippen LogP contribution in [0.3, 0.4) is 0 Å². The van der Waals surface area contributed by atoms with Gasteiger partial charge in [-0.1, -0.05) is 17.8 Å². The number of hydrogen-bond acceptors (Lipinski definition) is 8. The fourth-order valence-electron chi connectivity index (χ4n) is 2.95. The van der Waals surface area contributed by atoms with E-state index >= 15 is 0 Å². The highest BCUT2D eigenvalue weighted by Crippen LogP contribution is 2.17. The van der Waals surface area contributed by atoms with E-state index in [1.807, 2.05) is 0 Å². The Hall–Kier alpha value is -2.66. The molecule has 0 radical (unpaired) electrons. The van der Waals surface area contributed by atoms with Crippen LogP contribution in [0, 0.1) is 6.92 Å². The van der Waals surface area contributed by atoms with Crippen molar-refractivity contribution in [1.29, 1.82) is 0 Å². The predicted octanol–water partition coefficient (Wildman–Crippen LogP) is 0.392. The molecule has 1 aliphatic rings. The Kier molecular flexibility index (Phi) is 7.04. The zero-order valence-corrected chi connectivity index (χ0v) is 16.9. The first kappa shape index (κ1) is 21.1. The molecule has 1 saturated heterocycles. The van der Waals surface area contributed by atoms with Gasteiger partial charge in [0.15, 0.2) is 0 Å². The Labute approximate surface area is 170 Å². The smallest absolute Gasteiger partial charge is 0.328 e. The molecule has 10 nitrogen and oxygen atoms in total. The van der Waals surface area contributed by atoms with Crippen molar-refractivity contribution in [3.8, 4) is 0 Å². The normalized spacial score (nSPS) is 16.1. The third-order valence-corrected chi connectivity index (χ3v) is 5.28. The van der Waals surface area contributed by atoms with E-state index in [1.165, 1.54) is 6.08 Å². The molecule has 2 aromatic heterocycles. The van der Waals surface area contributed by atoms with Crippen LogP contribution in [-0.2, 0) is 22.5 Å². The third-order valence-electron chi connectivity index (χ3n) is 4.46. The molecule has 1 atom stereocenters. The van der Waals surface area contributed by atoms with Gasteiger partial charge in [-0.15, -0.1) is 16.8 Å². The van der Waals surface area contributed by atoms with Crippen LogP contribution in [0.25, 0.3) is 0 Å². The standard InChI is InChI=1S/C18H23N5O5S/c1-3-6-23-16(25)13(11(2)20-17(23)26)8-15-21-22-18(28-15)29-10-14(24)19-9-12-5-4-7-27-12/h3,12H,1,4-10H2,2H3,(H,19,24)(H,20,26). The monoisotopic (exact) mass is 421 g/mol. The fourth-order valence-corrected chi connectivity index (χ4v) is 3.56. The predicted molar refractivity (Wildman–Crippen MR) is 106 cm³/mol. The van der Waals surface area contributed by atoms with E-state index in [9.17, 15) is 14.4 Å². The van der Waals surface area contributed by atoms with Gasteiger partial charge in [-0.25, -0.2) is 4.79 Å².